The van der Waals surface area contributed by atoms with Crippen molar-refractivity contribution in [3.63, 3.8) is 0 Å². The van der Waals surface area contributed by atoms with Crippen LogP contribution in [0.5, 0.6) is 17.4 Å². The summed E-state index contributed by atoms with van der Waals surface area (Å²) in [6.45, 7) is 0.891. The molecule has 0 radical (unpaired) electrons. The second kappa shape index (κ2) is 7.11. The van der Waals surface area contributed by atoms with Crippen molar-refractivity contribution < 1.29 is 14.3 Å². The molecule has 6 heteroatoms. The van der Waals surface area contributed by atoms with Gasteiger partial charge in [-0.3, -0.25) is 4.79 Å². The summed E-state index contributed by atoms with van der Waals surface area (Å²) in [6.07, 6.45) is 3.48. The van der Waals surface area contributed by atoms with Gasteiger partial charge in [-0.05, 0) is 37.6 Å². The molecule has 0 aliphatic carbocycles. The van der Waals surface area contributed by atoms with Crippen molar-refractivity contribution in [2.75, 3.05) is 19.0 Å². The first-order chi connectivity index (χ1) is 11.3. The van der Waals surface area contributed by atoms with Crippen molar-refractivity contribution in [2.24, 2.45) is 0 Å². The van der Waals surface area contributed by atoms with Crippen molar-refractivity contribution in [1.82, 2.24) is 10.3 Å². The number of anilines is 1. The van der Waals surface area contributed by atoms with Crippen molar-refractivity contribution in [3.8, 4) is 17.4 Å². The molecule has 2 heterocycles. The Bertz CT molecular complexity index is 667. The fraction of sp³-hybridized carbons (Fsp3) is 0.294. The maximum Gasteiger partial charge on any atom is 0.241 e. The third kappa shape index (κ3) is 3.78. The lowest BCUT2D eigenvalue weighted by molar-refractivity contribution is -0.117. The molecule has 2 N–H and O–H groups in total. The summed E-state index contributed by atoms with van der Waals surface area (Å²) in [6, 6.07) is 10.7. The minimum absolute atomic E-state index is 0.0253. The standard InChI is InChI=1S/C17H19N3O3/c1-22-14-6-2-3-7-15(14)23-16-9-8-12(11-19-16)20-17(21)13-5-4-10-18-13/h2-3,6-9,11,13,18H,4-5,10H2,1H3,(H,20,21). The summed E-state index contributed by atoms with van der Waals surface area (Å²) in [5.41, 5.74) is 0.649. The van der Waals surface area contributed by atoms with Crippen LogP contribution in [0, 0.1) is 0 Å². The molecule has 0 bridgehead atoms. The highest BCUT2D eigenvalue weighted by Gasteiger charge is 2.21. The highest BCUT2D eigenvalue weighted by atomic mass is 16.5. The lowest BCUT2D eigenvalue weighted by atomic mass is 10.2. The molecule has 1 aliphatic heterocycles. The lowest BCUT2D eigenvalue weighted by Crippen LogP contribution is -2.35. The molecule has 1 aliphatic rings. The molecule has 2 aromatic rings. The van der Waals surface area contributed by atoms with E-state index in [1.807, 2.05) is 24.3 Å². The van der Waals surface area contributed by atoms with Crippen LogP contribution in [0.3, 0.4) is 0 Å². The van der Waals surface area contributed by atoms with Gasteiger partial charge < -0.3 is 20.1 Å². The van der Waals surface area contributed by atoms with E-state index in [-0.39, 0.29) is 11.9 Å². The van der Waals surface area contributed by atoms with Gasteiger partial charge in [0, 0.05) is 6.07 Å². The highest BCUT2D eigenvalue weighted by molar-refractivity contribution is 5.94. The Labute approximate surface area is 134 Å². The summed E-state index contributed by atoms with van der Waals surface area (Å²) in [4.78, 5) is 16.2. The average Bonchev–Trinajstić information content (AvgIpc) is 3.12. The lowest BCUT2D eigenvalue weighted by Gasteiger charge is -2.12. The van der Waals surface area contributed by atoms with Crippen LogP contribution in [0.15, 0.2) is 42.6 Å². The van der Waals surface area contributed by atoms with Crippen molar-refractivity contribution >= 4 is 11.6 Å². The number of hydrogen-bond donors (Lipinski definition) is 2. The summed E-state index contributed by atoms with van der Waals surface area (Å²) in [7, 11) is 1.59. The number of hydrogen-bond acceptors (Lipinski definition) is 5. The van der Waals surface area contributed by atoms with E-state index >= 15 is 0 Å². The fourth-order valence-electron chi connectivity index (χ4n) is 2.47. The van der Waals surface area contributed by atoms with Gasteiger partial charge in [-0.25, -0.2) is 4.98 Å². The van der Waals surface area contributed by atoms with Crippen molar-refractivity contribution in [1.29, 1.82) is 0 Å². The molecule has 1 amide bonds. The summed E-state index contributed by atoms with van der Waals surface area (Å²) in [5, 5.41) is 6.02. The number of benzene rings is 1. The van der Waals surface area contributed by atoms with Crippen LogP contribution < -0.4 is 20.1 Å². The van der Waals surface area contributed by atoms with Crippen LogP contribution in [0.2, 0.25) is 0 Å². The van der Waals surface area contributed by atoms with E-state index in [9.17, 15) is 4.79 Å². The number of carbonyl (C=O) groups excluding carboxylic acids is 1. The maximum atomic E-state index is 12.0. The van der Waals surface area contributed by atoms with Gasteiger partial charge in [0.2, 0.25) is 11.8 Å². The van der Waals surface area contributed by atoms with E-state index in [4.69, 9.17) is 9.47 Å². The topological polar surface area (TPSA) is 72.5 Å². The Hall–Kier alpha value is -2.60. The first-order valence-electron chi connectivity index (χ1n) is 7.57. The predicted octanol–water partition coefficient (Wildman–Crippen LogP) is 2.57. The Kier molecular flexibility index (Phi) is 4.73. The minimum atomic E-state index is -0.112. The number of amides is 1. The van der Waals surface area contributed by atoms with Crippen LogP contribution in [-0.4, -0.2) is 30.6 Å². The molecule has 1 aromatic carbocycles. The molecule has 0 spiro atoms. The van der Waals surface area contributed by atoms with E-state index in [1.165, 1.54) is 0 Å². The van der Waals surface area contributed by atoms with E-state index in [2.05, 4.69) is 15.6 Å². The number of methoxy groups -OCH3 is 1. The van der Waals surface area contributed by atoms with Crippen LogP contribution in [-0.2, 0) is 4.79 Å². The third-order valence-corrected chi connectivity index (χ3v) is 3.66. The van der Waals surface area contributed by atoms with E-state index in [0.717, 1.165) is 19.4 Å². The molecule has 1 atom stereocenters. The van der Waals surface area contributed by atoms with Crippen molar-refractivity contribution in [3.05, 3.63) is 42.6 Å². The first kappa shape index (κ1) is 15.3. The van der Waals surface area contributed by atoms with Crippen LogP contribution in [0.25, 0.3) is 0 Å². The smallest absolute Gasteiger partial charge is 0.241 e. The van der Waals surface area contributed by atoms with Crippen LogP contribution in [0.1, 0.15) is 12.8 Å². The molecular weight excluding hydrogens is 294 g/mol. The second-order valence-corrected chi connectivity index (χ2v) is 5.28. The van der Waals surface area contributed by atoms with Gasteiger partial charge in [0.25, 0.3) is 0 Å². The molecule has 6 nitrogen and oxygen atoms in total. The summed E-state index contributed by atoms with van der Waals surface area (Å²) >= 11 is 0. The highest BCUT2D eigenvalue weighted by Crippen LogP contribution is 2.30. The van der Waals surface area contributed by atoms with Crippen molar-refractivity contribution in [2.45, 2.75) is 18.9 Å². The third-order valence-electron chi connectivity index (χ3n) is 3.66. The second-order valence-electron chi connectivity index (χ2n) is 5.28. The van der Waals surface area contributed by atoms with Gasteiger partial charge in [0.15, 0.2) is 11.5 Å². The normalized spacial score (nSPS) is 16.8. The minimum Gasteiger partial charge on any atom is -0.493 e. The molecule has 120 valence electrons. The number of nitrogens with one attached hydrogen (secondary N) is 2. The molecule has 1 aromatic heterocycles. The Balaban J connectivity index is 1.63. The van der Waals surface area contributed by atoms with Gasteiger partial charge in [0.05, 0.1) is 25.0 Å². The fourth-order valence-corrected chi connectivity index (χ4v) is 2.47. The SMILES string of the molecule is COc1ccccc1Oc1ccc(NC(=O)C2CCCN2)cn1. The largest absolute Gasteiger partial charge is 0.493 e. The summed E-state index contributed by atoms with van der Waals surface area (Å²) < 4.78 is 10.9. The Morgan fingerprint density at radius 3 is 2.74 bits per heavy atom. The summed E-state index contributed by atoms with van der Waals surface area (Å²) in [5.74, 6) is 1.64. The number of rotatable bonds is 5. The molecule has 23 heavy (non-hydrogen) atoms. The quantitative estimate of drug-likeness (QED) is 0.887. The van der Waals surface area contributed by atoms with Gasteiger partial charge in [-0.15, -0.1) is 0 Å². The number of nitrogens with zero attached hydrogens (tertiary/aromatic N) is 1. The zero-order valence-electron chi connectivity index (χ0n) is 12.9. The zero-order chi connectivity index (χ0) is 16.1. The Morgan fingerprint density at radius 1 is 1.26 bits per heavy atom. The first-order valence-corrected chi connectivity index (χ1v) is 7.57. The number of aromatic nitrogens is 1. The molecule has 1 saturated heterocycles. The molecule has 3 rings (SSSR count). The van der Waals surface area contributed by atoms with Gasteiger partial charge >= 0.3 is 0 Å². The monoisotopic (exact) mass is 313 g/mol. The van der Waals surface area contributed by atoms with E-state index < -0.39 is 0 Å². The van der Waals surface area contributed by atoms with Crippen LogP contribution >= 0.6 is 0 Å². The maximum absolute atomic E-state index is 12.0. The van der Waals surface area contributed by atoms with Gasteiger partial charge in [-0.2, -0.15) is 0 Å². The predicted molar refractivity (Wildman–Crippen MR) is 87.0 cm³/mol. The van der Waals surface area contributed by atoms with E-state index in [0.29, 0.717) is 23.1 Å². The Morgan fingerprint density at radius 2 is 2.09 bits per heavy atom. The molecular formula is C17H19N3O3. The molecule has 0 saturated carbocycles. The van der Waals surface area contributed by atoms with E-state index in [1.54, 1.807) is 25.4 Å². The molecule has 1 fully saturated rings. The van der Waals surface area contributed by atoms with Gasteiger partial charge in [0.1, 0.15) is 0 Å². The average molecular weight is 313 g/mol. The van der Waals surface area contributed by atoms with Crippen LogP contribution in [0.4, 0.5) is 5.69 Å². The zero-order valence-corrected chi connectivity index (χ0v) is 12.9. The number of ether oxygens (including phenoxy) is 2. The number of para-hydroxylation sites is 2. The number of pyridine rings is 1. The van der Waals surface area contributed by atoms with Gasteiger partial charge in [-0.1, -0.05) is 12.1 Å². The molecule has 1 unspecified atom stereocenters. The number of carbonyl (C=O) groups is 1.